The van der Waals surface area contributed by atoms with Gasteiger partial charge in [0.05, 0.1) is 11.5 Å². The van der Waals surface area contributed by atoms with E-state index in [1.807, 2.05) is 6.07 Å². The van der Waals surface area contributed by atoms with Crippen molar-refractivity contribution in [3.63, 3.8) is 0 Å². The van der Waals surface area contributed by atoms with Gasteiger partial charge in [-0.25, -0.2) is 8.42 Å². The summed E-state index contributed by atoms with van der Waals surface area (Å²) in [5.41, 5.74) is 1.32. The maximum atomic E-state index is 12.0. The van der Waals surface area contributed by atoms with Crippen LogP contribution < -0.4 is 5.32 Å². The zero-order valence-corrected chi connectivity index (χ0v) is 13.4. The molecule has 0 aliphatic carbocycles. The first-order chi connectivity index (χ1) is 10.4. The molecular formula is C16H16ClNO3S. The van der Waals surface area contributed by atoms with Crippen LogP contribution in [0.15, 0.2) is 54.6 Å². The molecule has 0 aromatic heterocycles. The number of rotatable bonds is 6. The Balaban J connectivity index is 1.87. The zero-order valence-electron chi connectivity index (χ0n) is 11.8. The summed E-state index contributed by atoms with van der Waals surface area (Å²) in [7, 11) is -3.34. The van der Waals surface area contributed by atoms with Gasteiger partial charge in [0, 0.05) is 17.1 Å². The van der Waals surface area contributed by atoms with Gasteiger partial charge in [0.25, 0.3) is 0 Å². The molecule has 2 aromatic carbocycles. The van der Waals surface area contributed by atoms with Crippen molar-refractivity contribution in [3.05, 3.63) is 65.2 Å². The minimum Gasteiger partial charge on any atom is -0.326 e. The highest BCUT2D eigenvalue weighted by atomic mass is 35.5. The van der Waals surface area contributed by atoms with Crippen LogP contribution in [0.3, 0.4) is 0 Å². The van der Waals surface area contributed by atoms with Crippen LogP contribution in [0.1, 0.15) is 12.0 Å². The van der Waals surface area contributed by atoms with Gasteiger partial charge in [0.15, 0.2) is 9.84 Å². The Morgan fingerprint density at radius 1 is 1.00 bits per heavy atom. The highest BCUT2D eigenvalue weighted by molar-refractivity contribution is 7.90. The topological polar surface area (TPSA) is 63.2 Å². The lowest BCUT2D eigenvalue weighted by Gasteiger charge is -2.06. The second-order valence-electron chi connectivity index (χ2n) is 4.88. The lowest BCUT2D eigenvalue weighted by molar-refractivity contribution is -0.115. The summed E-state index contributed by atoms with van der Waals surface area (Å²) in [6, 6.07) is 15.6. The number of para-hydroxylation sites is 1. The zero-order chi connectivity index (χ0) is 16.0. The molecule has 0 fully saturated rings. The van der Waals surface area contributed by atoms with Crippen LogP contribution in [-0.4, -0.2) is 20.1 Å². The molecule has 0 bridgehead atoms. The molecule has 0 saturated heterocycles. The molecule has 4 nitrogen and oxygen atoms in total. The first-order valence-electron chi connectivity index (χ1n) is 6.74. The number of carbonyl (C=O) groups is 1. The van der Waals surface area contributed by atoms with Gasteiger partial charge in [-0.05, 0) is 29.8 Å². The van der Waals surface area contributed by atoms with E-state index in [9.17, 15) is 13.2 Å². The average Bonchev–Trinajstić information content (AvgIpc) is 2.49. The third-order valence-corrected chi connectivity index (χ3v) is 4.85. The minimum absolute atomic E-state index is 0.0647. The fraction of sp³-hybridized carbons (Fsp3) is 0.188. The minimum atomic E-state index is -3.34. The summed E-state index contributed by atoms with van der Waals surface area (Å²) in [5.74, 6) is -0.595. The van der Waals surface area contributed by atoms with E-state index in [1.54, 1.807) is 48.5 Å². The lowest BCUT2D eigenvalue weighted by Crippen LogP contribution is -2.18. The predicted molar refractivity (Wildman–Crippen MR) is 88.6 cm³/mol. The molecule has 1 N–H and O–H groups in total. The summed E-state index contributed by atoms with van der Waals surface area (Å²) >= 11 is 5.76. The standard InChI is InChI=1S/C16H16ClNO3S/c17-14-8-6-13(7-9-14)12-22(20,21)11-10-16(19)18-15-4-2-1-3-5-15/h1-9H,10-12H2,(H,18,19). The molecule has 0 radical (unpaired) electrons. The van der Waals surface area contributed by atoms with Crippen LogP contribution in [0.4, 0.5) is 5.69 Å². The molecule has 2 aromatic rings. The van der Waals surface area contributed by atoms with Crippen LogP contribution >= 0.6 is 11.6 Å². The molecular weight excluding hydrogens is 322 g/mol. The van der Waals surface area contributed by atoms with Gasteiger partial charge in [-0.15, -0.1) is 0 Å². The van der Waals surface area contributed by atoms with Crippen molar-refractivity contribution in [1.29, 1.82) is 0 Å². The van der Waals surface area contributed by atoms with Gasteiger partial charge in [0.1, 0.15) is 0 Å². The van der Waals surface area contributed by atoms with Gasteiger partial charge in [-0.1, -0.05) is 41.9 Å². The molecule has 116 valence electrons. The Morgan fingerprint density at radius 2 is 1.64 bits per heavy atom. The predicted octanol–water partition coefficient (Wildman–Crippen LogP) is 3.28. The number of hydrogen-bond donors (Lipinski definition) is 1. The first kappa shape index (κ1) is 16.5. The molecule has 0 spiro atoms. The summed E-state index contributed by atoms with van der Waals surface area (Å²) in [6.07, 6.45) is -0.0647. The van der Waals surface area contributed by atoms with Gasteiger partial charge in [-0.2, -0.15) is 0 Å². The summed E-state index contributed by atoms with van der Waals surface area (Å²) in [6.45, 7) is 0. The first-order valence-corrected chi connectivity index (χ1v) is 8.94. The molecule has 2 rings (SSSR count). The van der Waals surface area contributed by atoms with E-state index in [4.69, 9.17) is 11.6 Å². The second-order valence-corrected chi connectivity index (χ2v) is 7.50. The maximum Gasteiger partial charge on any atom is 0.225 e. The number of amides is 1. The number of carbonyl (C=O) groups excluding carboxylic acids is 1. The molecule has 22 heavy (non-hydrogen) atoms. The third kappa shape index (κ3) is 5.50. The Kier molecular flexibility index (Phi) is 5.57. The SMILES string of the molecule is O=C(CCS(=O)(=O)Cc1ccc(Cl)cc1)Nc1ccccc1. The lowest BCUT2D eigenvalue weighted by atomic mass is 10.2. The number of nitrogens with one attached hydrogen (secondary N) is 1. The van der Waals surface area contributed by atoms with E-state index < -0.39 is 9.84 Å². The molecule has 0 saturated carbocycles. The quantitative estimate of drug-likeness (QED) is 0.879. The van der Waals surface area contributed by atoms with Crippen LogP contribution in [0.2, 0.25) is 5.02 Å². The fourth-order valence-corrected chi connectivity index (χ4v) is 3.37. The van der Waals surface area contributed by atoms with E-state index in [1.165, 1.54) is 0 Å². The Hall–Kier alpha value is -1.85. The van der Waals surface area contributed by atoms with Crippen LogP contribution in [0.5, 0.6) is 0 Å². The van der Waals surface area contributed by atoms with Crippen molar-refractivity contribution < 1.29 is 13.2 Å². The normalized spacial score (nSPS) is 11.1. The van der Waals surface area contributed by atoms with Gasteiger partial charge >= 0.3 is 0 Å². The van der Waals surface area contributed by atoms with Gasteiger partial charge in [0.2, 0.25) is 5.91 Å². The summed E-state index contributed by atoms with van der Waals surface area (Å²) in [4.78, 5) is 11.8. The molecule has 6 heteroatoms. The monoisotopic (exact) mass is 337 g/mol. The molecule has 0 aliphatic heterocycles. The largest absolute Gasteiger partial charge is 0.326 e. The molecule has 0 aliphatic rings. The van der Waals surface area contributed by atoms with Crippen molar-refractivity contribution in [2.45, 2.75) is 12.2 Å². The van der Waals surface area contributed by atoms with Crippen molar-refractivity contribution in [3.8, 4) is 0 Å². The van der Waals surface area contributed by atoms with Crippen LogP contribution in [0, 0.1) is 0 Å². The van der Waals surface area contributed by atoms with Crippen molar-refractivity contribution in [2.24, 2.45) is 0 Å². The average molecular weight is 338 g/mol. The highest BCUT2D eigenvalue weighted by Crippen LogP contribution is 2.13. The number of anilines is 1. The van der Waals surface area contributed by atoms with Crippen LogP contribution in [0.25, 0.3) is 0 Å². The van der Waals surface area contributed by atoms with Crippen LogP contribution in [-0.2, 0) is 20.4 Å². The van der Waals surface area contributed by atoms with Crippen molar-refractivity contribution in [2.75, 3.05) is 11.1 Å². The van der Waals surface area contributed by atoms with E-state index in [0.717, 1.165) is 0 Å². The third-order valence-electron chi connectivity index (χ3n) is 3.00. The van der Waals surface area contributed by atoms with E-state index in [2.05, 4.69) is 5.32 Å². The van der Waals surface area contributed by atoms with Crippen molar-refractivity contribution in [1.82, 2.24) is 0 Å². The van der Waals surface area contributed by atoms with E-state index in [-0.39, 0.29) is 23.8 Å². The number of sulfone groups is 1. The Bertz CT molecular complexity index is 728. The Morgan fingerprint density at radius 3 is 2.27 bits per heavy atom. The molecule has 0 heterocycles. The van der Waals surface area contributed by atoms with Crippen molar-refractivity contribution >= 4 is 33.0 Å². The summed E-state index contributed by atoms with van der Waals surface area (Å²) < 4.78 is 24.1. The summed E-state index contributed by atoms with van der Waals surface area (Å²) in [5, 5.41) is 3.22. The molecule has 0 unspecified atom stereocenters. The smallest absolute Gasteiger partial charge is 0.225 e. The van der Waals surface area contributed by atoms with Gasteiger partial charge in [-0.3, -0.25) is 4.79 Å². The van der Waals surface area contributed by atoms with E-state index >= 15 is 0 Å². The number of halogens is 1. The van der Waals surface area contributed by atoms with Gasteiger partial charge < -0.3 is 5.32 Å². The van der Waals surface area contributed by atoms with E-state index in [0.29, 0.717) is 16.3 Å². The Labute approximate surface area is 135 Å². The highest BCUT2D eigenvalue weighted by Gasteiger charge is 2.14. The molecule has 0 atom stereocenters. The number of hydrogen-bond acceptors (Lipinski definition) is 3. The maximum absolute atomic E-state index is 12.0. The fourth-order valence-electron chi connectivity index (χ4n) is 1.90. The second kappa shape index (κ2) is 7.42. The number of benzene rings is 2. The molecule has 1 amide bonds.